The molecule has 0 amide bonds. The Morgan fingerprint density at radius 2 is 1.76 bits per heavy atom. The summed E-state index contributed by atoms with van der Waals surface area (Å²) >= 11 is 0. The Morgan fingerprint density at radius 3 is 2.31 bits per heavy atom. The predicted molar refractivity (Wildman–Crippen MR) is 130 cm³/mol. The molecule has 2 heteroatoms. The lowest BCUT2D eigenvalue weighted by atomic mass is 9.82. The lowest BCUT2D eigenvalue weighted by Gasteiger charge is -2.34. The lowest BCUT2D eigenvalue weighted by molar-refractivity contribution is -0.418. The first kappa shape index (κ1) is 22.1. The summed E-state index contributed by atoms with van der Waals surface area (Å²) < 4.78 is 2.13. The molecule has 1 heterocycles. The van der Waals surface area contributed by atoms with Crippen molar-refractivity contribution in [1.29, 1.82) is 0 Å². The highest BCUT2D eigenvalue weighted by Gasteiger charge is 2.31. The molecule has 3 rings (SSSR count). The first-order chi connectivity index (χ1) is 13.5. The summed E-state index contributed by atoms with van der Waals surface area (Å²) in [6, 6.07) is 8.43. The highest BCUT2D eigenvalue weighted by atomic mass is 28.3. The number of allylic oxidation sites excluding steroid dienone is 2. The minimum Gasteiger partial charge on any atom is -0.255 e. The number of hydrogen-bond acceptors (Lipinski definition) is 0. The van der Waals surface area contributed by atoms with E-state index in [4.69, 9.17) is 0 Å². The van der Waals surface area contributed by atoms with Gasteiger partial charge in [0.15, 0.2) is 0 Å². The zero-order valence-corrected chi connectivity index (χ0v) is 20.9. The smallest absolute Gasteiger partial charge is 0.147 e. The summed E-state index contributed by atoms with van der Waals surface area (Å²) in [5, 5.41) is 1.54. The van der Waals surface area contributed by atoms with Crippen molar-refractivity contribution >= 4 is 14.8 Å². The molecule has 1 fully saturated rings. The third kappa shape index (κ3) is 5.34. The number of aryl methyl sites for hydroxylation is 1. The molecule has 0 bridgehead atoms. The zero-order chi connectivity index (χ0) is 21.4. The molecule has 0 spiro atoms. The number of hydrogen-bond donors (Lipinski definition) is 0. The highest BCUT2D eigenvalue weighted by molar-refractivity contribution is 6.84. The molecule has 1 nitrogen and oxygen atoms in total. The van der Waals surface area contributed by atoms with Crippen molar-refractivity contribution in [3.63, 3.8) is 0 Å². The van der Waals surface area contributed by atoms with Crippen molar-refractivity contribution in [1.82, 2.24) is 0 Å². The maximum Gasteiger partial charge on any atom is 0.147 e. The van der Waals surface area contributed by atoms with E-state index in [1.54, 1.807) is 5.20 Å². The normalized spacial score (nSPS) is 19.3. The molecule has 1 aliphatic heterocycles. The second-order valence-electron chi connectivity index (χ2n) is 11.5. The maximum absolute atomic E-state index is 4.40. The lowest BCUT2D eigenvalue weighted by Crippen LogP contribution is -2.31. The Kier molecular flexibility index (Phi) is 6.34. The molecule has 0 unspecified atom stereocenters. The van der Waals surface area contributed by atoms with Gasteiger partial charge in [0.2, 0.25) is 0 Å². The minimum atomic E-state index is -1.44. The summed E-state index contributed by atoms with van der Waals surface area (Å²) in [6.45, 7) is 21.0. The highest BCUT2D eigenvalue weighted by Crippen LogP contribution is 2.39. The molecule has 0 atom stereocenters. The van der Waals surface area contributed by atoms with E-state index >= 15 is 0 Å². The Bertz CT molecular complexity index is 823. The first-order valence-corrected chi connectivity index (χ1v) is 15.0. The van der Waals surface area contributed by atoms with Gasteiger partial charge in [-0.2, -0.15) is 0 Å². The van der Waals surface area contributed by atoms with Crippen LogP contribution in [0.5, 0.6) is 0 Å². The van der Waals surface area contributed by atoms with E-state index < -0.39 is 8.07 Å². The fourth-order valence-corrected chi connectivity index (χ4v) is 6.59. The predicted octanol–water partition coefficient (Wildman–Crippen LogP) is 7.77. The van der Waals surface area contributed by atoms with Gasteiger partial charge in [0.1, 0.15) is 12.2 Å². The molecule has 0 radical (unpaired) electrons. The van der Waals surface area contributed by atoms with Crippen LogP contribution in [0.4, 0.5) is 0 Å². The second-order valence-corrected chi connectivity index (χ2v) is 16.5. The molecular weight excluding hydrogens is 366 g/mol. The van der Waals surface area contributed by atoms with Crippen molar-refractivity contribution in [2.45, 2.75) is 91.8 Å². The van der Waals surface area contributed by atoms with E-state index in [2.05, 4.69) is 89.1 Å². The quantitative estimate of drug-likeness (QED) is 0.272. The van der Waals surface area contributed by atoms with Gasteiger partial charge in [-0.25, -0.2) is 0 Å². The Hall–Kier alpha value is -1.54. The van der Waals surface area contributed by atoms with Gasteiger partial charge in [-0.1, -0.05) is 95.4 Å². The molecular formula is C27H41NSi. The molecule has 0 saturated heterocycles. The summed E-state index contributed by atoms with van der Waals surface area (Å²) in [6.07, 6.45) is 12.8. The van der Waals surface area contributed by atoms with Gasteiger partial charge in [0.25, 0.3) is 0 Å². The first-order valence-electron chi connectivity index (χ1n) is 11.5. The number of benzene rings is 1. The molecule has 1 aromatic rings. The van der Waals surface area contributed by atoms with Crippen molar-refractivity contribution in [2.75, 3.05) is 0 Å². The van der Waals surface area contributed by atoms with Crippen molar-refractivity contribution in [3.05, 3.63) is 64.0 Å². The molecule has 0 N–H and O–H groups in total. The van der Waals surface area contributed by atoms with Crippen LogP contribution < -0.4 is 0 Å². The molecule has 1 saturated carbocycles. The van der Waals surface area contributed by atoms with Crippen LogP contribution in [0, 0.1) is 18.4 Å². The van der Waals surface area contributed by atoms with Gasteiger partial charge in [-0.15, -0.1) is 6.07 Å². The van der Waals surface area contributed by atoms with Gasteiger partial charge in [-0.3, -0.25) is 4.58 Å². The van der Waals surface area contributed by atoms with Crippen molar-refractivity contribution in [2.24, 2.45) is 5.41 Å². The van der Waals surface area contributed by atoms with Gasteiger partial charge in [0, 0.05) is 0 Å². The van der Waals surface area contributed by atoms with Crippen LogP contribution >= 0.6 is 0 Å². The van der Waals surface area contributed by atoms with Crippen LogP contribution in [0.2, 0.25) is 19.6 Å². The van der Waals surface area contributed by atoms with Crippen LogP contribution in [0.25, 0.3) is 0 Å². The van der Waals surface area contributed by atoms with E-state index in [-0.39, 0.29) is 5.41 Å². The van der Waals surface area contributed by atoms with Crippen LogP contribution in [-0.4, -0.2) is 19.4 Å². The van der Waals surface area contributed by atoms with Gasteiger partial charge in [0.05, 0.1) is 14.8 Å². The monoisotopic (exact) mass is 407 g/mol. The third-order valence-electron chi connectivity index (χ3n) is 6.38. The van der Waals surface area contributed by atoms with E-state index in [0.29, 0.717) is 0 Å². The standard InChI is InChI=1S/C27H41NSi/c1-20-16-22(21-12-10-9-11-13-21)14-15-24(20)25-17-23(18-27(2,3)4)26(19-28(25)5)29(6,7)8/h14-17,19,21H,5,9-13,18H2,1-4,6-8H3. The van der Waals surface area contributed by atoms with E-state index in [1.165, 1.54) is 60.4 Å². The van der Waals surface area contributed by atoms with E-state index in [9.17, 15) is 0 Å². The molecule has 0 aromatic heterocycles. The van der Waals surface area contributed by atoms with Gasteiger partial charge >= 0.3 is 0 Å². The number of nitrogens with zero attached hydrogens (tertiary/aromatic N) is 1. The minimum absolute atomic E-state index is 0.277. The molecule has 1 aliphatic carbocycles. The van der Waals surface area contributed by atoms with Crippen LogP contribution in [0.1, 0.15) is 81.9 Å². The van der Waals surface area contributed by atoms with Crippen LogP contribution in [0.15, 0.2) is 41.2 Å². The fourth-order valence-electron chi connectivity index (χ4n) is 4.92. The molecule has 2 aliphatic rings. The average molecular weight is 408 g/mol. The fraction of sp³-hybridized carbons (Fsp3) is 0.556. The molecule has 1 aromatic carbocycles. The van der Waals surface area contributed by atoms with Crippen LogP contribution in [0.3, 0.4) is 0 Å². The number of rotatable bonds is 4. The summed E-state index contributed by atoms with van der Waals surface area (Å²) in [5.74, 6) is 0.758. The Labute approximate surface area is 180 Å². The largest absolute Gasteiger partial charge is 0.255 e. The maximum atomic E-state index is 4.40. The summed E-state index contributed by atoms with van der Waals surface area (Å²) in [5.41, 5.74) is 6.04. The average Bonchev–Trinajstić information content (AvgIpc) is 2.62. The van der Waals surface area contributed by atoms with E-state index in [0.717, 1.165) is 12.3 Å². The summed E-state index contributed by atoms with van der Waals surface area (Å²) in [7, 11) is -1.44. The third-order valence-corrected chi connectivity index (χ3v) is 8.45. The van der Waals surface area contributed by atoms with Crippen molar-refractivity contribution in [3.8, 4) is 0 Å². The molecule has 158 valence electrons. The Balaban J connectivity index is 1.95. The van der Waals surface area contributed by atoms with E-state index in [1.807, 2.05) is 0 Å². The Morgan fingerprint density at radius 1 is 1.10 bits per heavy atom. The SMILES string of the molecule is C=[N+]1C=C([Si](C)(C)C)C(CC(C)(C)C)=C[C-]1c1ccc(C2CCCCC2)cc1C. The van der Waals surface area contributed by atoms with Gasteiger partial charge in [-0.05, 0) is 47.4 Å². The zero-order valence-electron chi connectivity index (χ0n) is 19.9. The van der Waals surface area contributed by atoms with Crippen LogP contribution in [-0.2, 0) is 0 Å². The topological polar surface area (TPSA) is 3.01 Å². The van der Waals surface area contributed by atoms with Crippen molar-refractivity contribution < 1.29 is 4.58 Å². The summed E-state index contributed by atoms with van der Waals surface area (Å²) in [4.78, 5) is 0. The second kappa shape index (κ2) is 8.30. The molecule has 29 heavy (non-hydrogen) atoms. The van der Waals surface area contributed by atoms with Gasteiger partial charge < -0.3 is 0 Å².